The van der Waals surface area contributed by atoms with Gasteiger partial charge >= 0.3 is 0 Å². The van der Waals surface area contributed by atoms with Gasteiger partial charge in [0, 0.05) is 62.2 Å². The van der Waals surface area contributed by atoms with Gasteiger partial charge in [-0.25, -0.2) is 8.91 Å². The van der Waals surface area contributed by atoms with Crippen LogP contribution in [0.5, 0.6) is 5.75 Å². The zero-order valence-corrected chi connectivity index (χ0v) is 25.1. The van der Waals surface area contributed by atoms with Crippen LogP contribution in [-0.2, 0) is 11.3 Å². The molecule has 5 heterocycles. The molecule has 2 amide bonds. The number of aryl methyl sites for hydroxylation is 1. The Bertz CT molecular complexity index is 1720. The quantitative estimate of drug-likeness (QED) is 0.358. The molecule has 226 valence electrons. The molecule has 0 unspecified atom stereocenters. The third-order valence-electron chi connectivity index (χ3n) is 9.74. The number of pyridine rings is 1. The van der Waals surface area contributed by atoms with Crippen LogP contribution in [0.4, 0.5) is 4.39 Å². The average Bonchev–Trinajstić information content (AvgIpc) is 3.45. The third kappa shape index (κ3) is 4.76. The molecule has 2 N–H and O–H groups in total. The second-order valence-corrected chi connectivity index (χ2v) is 12.7. The Hall–Kier alpha value is -3.92. The number of nitrogens with zero attached hydrogens (tertiary/aromatic N) is 5. The van der Waals surface area contributed by atoms with Gasteiger partial charge in [0.1, 0.15) is 23.1 Å². The van der Waals surface area contributed by atoms with E-state index in [1.807, 2.05) is 11.8 Å². The molecule has 2 saturated heterocycles. The van der Waals surface area contributed by atoms with E-state index in [4.69, 9.17) is 15.6 Å². The van der Waals surface area contributed by atoms with E-state index < -0.39 is 6.17 Å². The van der Waals surface area contributed by atoms with Gasteiger partial charge in [-0.1, -0.05) is 24.6 Å². The lowest BCUT2D eigenvalue weighted by Gasteiger charge is -2.39. The monoisotopic (exact) mass is 586 g/mol. The molecule has 0 bridgehead atoms. The number of hydrogen-bond acceptors (Lipinski definition) is 5. The van der Waals surface area contributed by atoms with Crippen molar-refractivity contribution < 1.29 is 18.7 Å². The number of piperidine rings is 1. The number of para-hydroxylation sites is 1. The number of benzene rings is 1. The van der Waals surface area contributed by atoms with Gasteiger partial charge < -0.3 is 24.8 Å². The first kappa shape index (κ1) is 27.9. The fraction of sp³-hybridized carbons (Fsp3) is 0.485. The third-order valence-corrected chi connectivity index (χ3v) is 9.74. The molecule has 0 radical (unpaired) electrons. The van der Waals surface area contributed by atoms with E-state index in [1.165, 1.54) is 35.2 Å². The van der Waals surface area contributed by atoms with Crippen LogP contribution in [0.25, 0.3) is 27.8 Å². The van der Waals surface area contributed by atoms with Crippen molar-refractivity contribution in [2.45, 2.75) is 64.2 Å². The van der Waals surface area contributed by atoms with Gasteiger partial charge in [0.05, 0.1) is 30.4 Å². The summed E-state index contributed by atoms with van der Waals surface area (Å²) in [7, 11) is 1.59. The van der Waals surface area contributed by atoms with Crippen LogP contribution < -0.4 is 10.5 Å². The van der Waals surface area contributed by atoms with E-state index >= 15 is 0 Å². The highest BCUT2D eigenvalue weighted by atomic mass is 19.1. The first-order valence-corrected chi connectivity index (χ1v) is 15.4. The predicted octanol–water partition coefficient (Wildman–Crippen LogP) is 4.53. The first-order chi connectivity index (χ1) is 20.7. The number of amides is 2. The summed E-state index contributed by atoms with van der Waals surface area (Å²) in [5.74, 6) is 1.30. The number of nitrogens with two attached hydrogens (primary N) is 1. The van der Waals surface area contributed by atoms with Crippen LogP contribution >= 0.6 is 0 Å². The van der Waals surface area contributed by atoms with Gasteiger partial charge in [0.15, 0.2) is 0 Å². The van der Waals surface area contributed by atoms with Crippen molar-refractivity contribution >= 4 is 28.2 Å². The molecule has 2 atom stereocenters. The van der Waals surface area contributed by atoms with Crippen molar-refractivity contribution in [3.63, 3.8) is 0 Å². The molecule has 10 heteroatoms. The Balaban J connectivity index is 1.33. The Labute approximate surface area is 250 Å². The molecule has 1 saturated carbocycles. The summed E-state index contributed by atoms with van der Waals surface area (Å²) in [5.41, 5.74) is 12.5. The summed E-state index contributed by atoms with van der Waals surface area (Å²) in [6, 6.07) is 10.0. The van der Waals surface area contributed by atoms with Crippen LogP contribution in [0.1, 0.15) is 60.0 Å². The van der Waals surface area contributed by atoms with Crippen molar-refractivity contribution in [3.05, 3.63) is 53.2 Å². The van der Waals surface area contributed by atoms with Gasteiger partial charge in [-0.2, -0.15) is 5.10 Å². The number of hydrogen-bond donors (Lipinski definition) is 1. The molecule has 1 aromatic carbocycles. The molecular formula is C33H39FN6O3. The number of aromatic nitrogens is 3. The summed E-state index contributed by atoms with van der Waals surface area (Å²) in [6.07, 6.45) is 4.54. The number of carbonyl (C=O) groups excluding carboxylic acids is 2. The second-order valence-electron chi connectivity index (χ2n) is 12.7. The molecule has 2 aliphatic heterocycles. The lowest BCUT2D eigenvalue weighted by atomic mass is 9.85. The molecule has 3 aromatic heterocycles. The molecule has 4 aromatic rings. The molecular weight excluding hydrogens is 547 g/mol. The number of fused-ring (bicyclic) bond motifs is 2. The summed E-state index contributed by atoms with van der Waals surface area (Å²) in [5, 5.41) is 6.22. The van der Waals surface area contributed by atoms with E-state index in [-0.39, 0.29) is 30.8 Å². The van der Waals surface area contributed by atoms with Crippen LogP contribution in [0.3, 0.4) is 0 Å². The molecule has 3 fully saturated rings. The highest BCUT2D eigenvalue weighted by molar-refractivity contribution is 5.96. The Kier molecular flexibility index (Phi) is 6.91. The second kappa shape index (κ2) is 10.7. The Morgan fingerprint density at radius 3 is 2.56 bits per heavy atom. The Morgan fingerprint density at radius 2 is 1.88 bits per heavy atom. The smallest absolute Gasteiger partial charge is 0.255 e. The maximum atomic E-state index is 14.3. The number of methoxy groups -OCH3 is 1. The van der Waals surface area contributed by atoms with E-state index in [0.29, 0.717) is 29.7 Å². The van der Waals surface area contributed by atoms with Gasteiger partial charge in [0.2, 0.25) is 5.91 Å². The first-order valence-electron chi connectivity index (χ1n) is 15.4. The summed E-state index contributed by atoms with van der Waals surface area (Å²) in [4.78, 5) is 28.8. The highest BCUT2D eigenvalue weighted by Crippen LogP contribution is 2.41. The lowest BCUT2D eigenvalue weighted by Crippen LogP contribution is -2.50. The summed E-state index contributed by atoms with van der Waals surface area (Å²) >= 11 is 0. The topological polar surface area (TPSA) is 98.1 Å². The van der Waals surface area contributed by atoms with Crippen molar-refractivity contribution in [3.8, 4) is 17.1 Å². The zero-order valence-electron chi connectivity index (χ0n) is 25.1. The minimum absolute atomic E-state index is 0.0328. The largest absolute Gasteiger partial charge is 0.494 e. The lowest BCUT2D eigenvalue weighted by molar-refractivity contribution is -0.133. The van der Waals surface area contributed by atoms with Gasteiger partial charge in [0.25, 0.3) is 5.91 Å². The number of halogens is 1. The molecule has 1 aliphatic carbocycles. The number of carbonyl (C=O) groups is 2. The van der Waals surface area contributed by atoms with E-state index in [1.54, 1.807) is 30.8 Å². The number of ether oxygens (including phenoxy) is 1. The summed E-state index contributed by atoms with van der Waals surface area (Å²) in [6.45, 7) is 6.42. The van der Waals surface area contributed by atoms with Crippen LogP contribution in [0.15, 0.2) is 36.5 Å². The minimum Gasteiger partial charge on any atom is -0.494 e. The fourth-order valence-corrected chi connectivity index (χ4v) is 7.16. The Morgan fingerprint density at radius 1 is 1.09 bits per heavy atom. The minimum atomic E-state index is -1.13. The molecule has 3 aliphatic rings. The van der Waals surface area contributed by atoms with Gasteiger partial charge in [-0.15, -0.1) is 0 Å². The van der Waals surface area contributed by atoms with Crippen molar-refractivity contribution in [2.24, 2.45) is 11.7 Å². The summed E-state index contributed by atoms with van der Waals surface area (Å²) < 4.78 is 24.2. The number of rotatable bonds is 6. The normalized spacial score (nSPS) is 21.3. The van der Waals surface area contributed by atoms with Crippen molar-refractivity contribution in [1.82, 2.24) is 24.0 Å². The van der Waals surface area contributed by atoms with Crippen molar-refractivity contribution in [1.29, 1.82) is 0 Å². The van der Waals surface area contributed by atoms with Crippen LogP contribution in [0.2, 0.25) is 0 Å². The molecule has 9 nitrogen and oxygen atoms in total. The van der Waals surface area contributed by atoms with E-state index in [0.717, 1.165) is 47.5 Å². The average molecular weight is 587 g/mol. The zero-order chi connectivity index (χ0) is 30.0. The molecule has 7 rings (SSSR count). The SMILES string of the molecule is COc1cc(C(=O)N2C[C@H](N)C[C@@H](F)C2)cn2nc(-c3cc4cccc(C5CN(C(C)=O)C5)c4n3CC3CCC3)c(C)c12. The highest BCUT2D eigenvalue weighted by Gasteiger charge is 2.34. The molecule has 0 spiro atoms. The van der Waals surface area contributed by atoms with Gasteiger partial charge in [-0.3, -0.25) is 9.59 Å². The molecule has 43 heavy (non-hydrogen) atoms. The van der Waals surface area contributed by atoms with Crippen LogP contribution in [0, 0.1) is 12.8 Å². The van der Waals surface area contributed by atoms with Crippen LogP contribution in [-0.4, -0.2) is 81.3 Å². The predicted molar refractivity (Wildman–Crippen MR) is 163 cm³/mol. The standard InChI is InChI=1S/C33H39FN6O3/c1-19-30(36-40-16-23(11-29(43-3)31(19)40)33(42)38-17-25(34)12-26(35)18-38)28-10-22-8-5-9-27(24-14-37(15-24)20(2)41)32(22)39(28)13-21-6-4-7-21/h5,8-11,16,21,24-26H,4,6-7,12-15,17-18,35H2,1-3H3/t25-,26-/m1/s1. The number of likely N-dealkylation sites (tertiary alicyclic amines) is 2. The number of alkyl halides is 1. The van der Waals surface area contributed by atoms with Gasteiger partial charge in [-0.05, 0) is 49.8 Å². The van der Waals surface area contributed by atoms with E-state index in [9.17, 15) is 14.0 Å². The van der Waals surface area contributed by atoms with Crippen molar-refractivity contribution in [2.75, 3.05) is 33.3 Å². The maximum Gasteiger partial charge on any atom is 0.255 e. The maximum absolute atomic E-state index is 14.3. The van der Waals surface area contributed by atoms with E-state index in [2.05, 4.69) is 28.8 Å². The fourth-order valence-electron chi connectivity index (χ4n) is 7.16.